The van der Waals surface area contributed by atoms with Gasteiger partial charge in [-0.1, -0.05) is 12.1 Å². The van der Waals surface area contributed by atoms with E-state index in [1.165, 1.54) is 22.5 Å². The maximum absolute atomic E-state index is 12.4. The molecule has 0 atom stereocenters. The predicted molar refractivity (Wildman–Crippen MR) is 108 cm³/mol. The van der Waals surface area contributed by atoms with Crippen molar-refractivity contribution < 1.29 is 19.0 Å². The molecule has 1 aliphatic carbocycles. The summed E-state index contributed by atoms with van der Waals surface area (Å²) < 4.78 is 16.3. The van der Waals surface area contributed by atoms with Crippen molar-refractivity contribution in [3.05, 3.63) is 64.2 Å². The minimum Gasteiger partial charge on any atom is -0.493 e. The van der Waals surface area contributed by atoms with E-state index in [1.807, 2.05) is 41.8 Å². The van der Waals surface area contributed by atoms with Crippen LogP contribution in [0.4, 0.5) is 0 Å². The average molecular weight is 395 g/mol. The zero-order valence-electron chi connectivity index (χ0n) is 15.9. The van der Waals surface area contributed by atoms with Crippen LogP contribution < -0.4 is 9.47 Å². The number of aryl methyl sites for hydroxylation is 2. The molecule has 0 saturated heterocycles. The number of carbonyl (C=O) groups is 1. The van der Waals surface area contributed by atoms with Gasteiger partial charge in [-0.25, -0.2) is 9.78 Å². The quantitative estimate of drug-likeness (QED) is 0.568. The molecule has 144 valence electrons. The molecule has 1 aromatic heterocycles. The second kappa shape index (κ2) is 8.02. The molecule has 28 heavy (non-hydrogen) atoms. The first kappa shape index (κ1) is 18.5. The summed E-state index contributed by atoms with van der Waals surface area (Å²) in [5.74, 6) is 0.976. The topological polar surface area (TPSA) is 57.7 Å². The monoisotopic (exact) mass is 395 g/mol. The SMILES string of the molecule is COc1cccc(-c2nc(COC(=O)c3ccc4c(c3)CCC4)cs2)c1OC. The number of thiazole rings is 1. The Bertz CT molecular complexity index is 1010. The lowest BCUT2D eigenvalue weighted by Gasteiger charge is -2.10. The molecule has 0 N–H and O–H groups in total. The van der Waals surface area contributed by atoms with Crippen molar-refractivity contribution in [2.75, 3.05) is 14.2 Å². The number of carbonyl (C=O) groups excluding carboxylic acids is 1. The van der Waals surface area contributed by atoms with Crippen molar-refractivity contribution in [1.29, 1.82) is 0 Å². The van der Waals surface area contributed by atoms with Gasteiger partial charge in [-0.3, -0.25) is 0 Å². The molecule has 0 amide bonds. The number of ether oxygens (including phenoxy) is 3. The molecule has 0 spiro atoms. The molecule has 0 saturated carbocycles. The molecule has 4 rings (SSSR count). The van der Waals surface area contributed by atoms with Crippen LogP contribution in [0.5, 0.6) is 11.5 Å². The Morgan fingerprint density at radius 2 is 1.96 bits per heavy atom. The number of aromatic nitrogens is 1. The van der Waals surface area contributed by atoms with Gasteiger partial charge in [0.1, 0.15) is 11.6 Å². The van der Waals surface area contributed by atoms with Crippen LogP contribution in [0.3, 0.4) is 0 Å². The molecule has 5 nitrogen and oxygen atoms in total. The van der Waals surface area contributed by atoms with Crippen molar-refractivity contribution in [3.8, 4) is 22.1 Å². The summed E-state index contributed by atoms with van der Waals surface area (Å²) >= 11 is 1.48. The molecule has 0 radical (unpaired) electrons. The van der Waals surface area contributed by atoms with Gasteiger partial charge in [-0.2, -0.15) is 0 Å². The fourth-order valence-corrected chi connectivity index (χ4v) is 4.30. The molecule has 3 aromatic rings. The molecule has 2 aromatic carbocycles. The fraction of sp³-hybridized carbons (Fsp3) is 0.273. The lowest BCUT2D eigenvalue weighted by atomic mass is 10.1. The molecule has 1 aliphatic rings. The molecular formula is C22H21NO4S. The lowest BCUT2D eigenvalue weighted by molar-refractivity contribution is 0.0468. The first-order chi connectivity index (χ1) is 13.7. The van der Waals surface area contributed by atoms with E-state index in [9.17, 15) is 4.79 Å². The number of hydrogen-bond donors (Lipinski definition) is 0. The highest BCUT2D eigenvalue weighted by Crippen LogP contribution is 2.39. The van der Waals surface area contributed by atoms with E-state index in [2.05, 4.69) is 4.98 Å². The molecule has 0 aliphatic heterocycles. The number of hydrogen-bond acceptors (Lipinski definition) is 6. The van der Waals surface area contributed by atoms with Gasteiger partial charge in [0.2, 0.25) is 0 Å². The van der Waals surface area contributed by atoms with E-state index in [4.69, 9.17) is 14.2 Å². The normalized spacial score (nSPS) is 12.5. The number of esters is 1. The second-order valence-electron chi connectivity index (χ2n) is 6.60. The number of methoxy groups -OCH3 is 2. The van der Waals surface area contributed by atoms with E-state index in [1.54, 1.807) is 14.2 Å². The Labute approximate surface area is 167 Å². The Morgan fingerprint density at radius 1 is 1.11 bits per heavy atom. The third kappa shape index (κ3) is 3.60. The molecule has 0 bridgehead atoms. The van der Waals surface area contributed by atoms with Gasteiger partial charge >= 0.3 is 5.97 Å². The highest BCUT2D eigenvalue weighted by molar-refractivity contribution is 7.13. The van der Waals surface area contributed by atoms with E-state index in [0.717, 1.165) is 29.8 Å². The number of benzene rings is 2. The Kier molecular flexibility index (Phi) is 5.30. The van der Waals surface area contributed by atoms with Crippen molar-refractivity contribution in [3.63, 3.8) is 0 Å². The minimum absolute atomic E-state index is 0.138. The lowest BCUT2D eigenvalue weighted by Crippen LogP contribution is -2.06. The van der Waals surface area contributed by atoms with Crippen molar-refractivity contribution in [1.82, 2.24) is 4.98 Å². The van der Waals surface area contributed by atoms with Crippen LogP contribution in [-0.2, 0) is 24.2 Å². The summed E-state index contributed by atoms with van der Waals surface area (Å²) in [6.45, 7) is 0.138. The van der Waals surface area contributed by atoms with Gasteiger partial charge in [-0.05, 0) is 54.7 Å². The predicted octanol–water partition coefficient (Wildman–Crippen LogP) is 4.67. The van der Waals surface area contributed by atoms with Crippen LogP contribution in [0, 0.1) is 0 Å². The van der Waals surface area contributed by atoms with Crippen LogP contribution in [-0.4, -0.2) is 25.2 Å². The smallest absolute Gasteiger partial charge is 0.338 e. The highest BCUT2D eigenvalue weighted by Gasteiger charge is 2.17. The maximum atomic E-state index is 12.4. The average Bonchev–Trinajstić information content (AvgIpc) is 3.40. The standard InChI is InChI=1S/C22H21NO4S/c1-25-19-8-4-7-18(20(19)26-2)21-23-17(13-28-21)12-27-22(24)16-10-9-14-5-3-6-15(14)11-16/h4,7-11,13H,3,5-6,12H2,1-2H3. The van der Waals surface area contributed by atoms with Crippen molar-refractivity contribution in [2.24, 2.45) is 0 Å². The number of rotatable bonds is 6. The van der Waals surface area contributed by atoms with Crippen LogP contribution in [0.2, 0.25) is 0 Å². The Balaban J connectivity index is 1.46. The number of fused-ring (bicyclic) bond motifs is 1. The van der Waals surface area contributed by atoms with E-state index < -0.39 is 0 Å². The Morgan fingerprint density at radius 3 is 2.79 bits per heavy atom. The van der Waals surface area contributed by atoms with Gasteiger partial charge in [-0.15, -0.1) is 11.3 Å². The van der Waals surface area contributed by atoms with Crippen molar-refractivity contribution >= 4 is 17.3 Å². The largest absolute Gasteiger partial charge is 0.493 e. The van der Waals surface area contributed by atoms with Crippen LogP contribution in [0.15, 0.2) is 41.8 Å². The van der Waals surface area contributed by atoms with Gasteiger partial charge in [0.05, 0.1) is 31.0 Å². The Hall–Kier alpha value is -2.86. The third-order valence-corrected chi connectivity index (χ3v) is 5.79. The minimum atomic E-state index is -0.316. The summed E-state index contributed by atoms with van der Waals surface area (Å²) in [6, 6.07) is 11.5. The van der Waals surface area contributed by atoms with Crippen LogP contribution in [0.1, 0.15) is 33.6 Å². The van der Waals surface area contributed by atoms with Gasteiger partial charge in [0.15, 0.2) is 11.5 Å². The molecular weight excluding hydrogens is 374 g/mol. The summed E-state index contributed by atoms with van der Waals surface area (Å²) in [5, 5.41) is 2.68. The first-order valence-corrected chi connectivity index (χ1v) is 10.0. The molecule has 0 fully saturated rings. The van der Waals surface area contributed by atoms with E-state index in [0.29, 0.717) is 22.8 Å². The summed E-state index contributed by atoms with van der Waals surface area (Å²) in [6.07, 6.45) is 3.29. The third-order valence-electron chi connectivity index (χ3n) is 4.87. The zero-order valence-corrected chi connectivity index (χ0v) is 16.7. The van der Waals surface area contributed by atoms with Crippen LogP contribution in [0.25, 0.3) is 10.6 Å². The van der Waals surface area contributed by atoms with Gasteiger partial charge in [0.25, 0.3) is 0 Å². The fourth-order valence-electron chi connectivity index (χ4n) is 3.47. The maximum Gasteiger partial charge on any atom is 0.338 e. The first-order valence-electron chi connectivity index (χ1n) is 9.14. The number of nitrogens with zero attached hydrogens (tertiary/aromatic N) is 1. The summed E-state index contributed by atoms with van der Waals surface area (Å²) in [7, 11) is 3.21. The highest BCUT2D eigenvalue weighted by atomic mass is 32.1. The van der Waals surface area contributed by atoms with Crippen LogP contribution >= 0.6 is 11.3 Å². The van der Waals surface area contributed by atoms with Crippen molar-refractivity contribution in [2.45, 2.75) is 25.9 Å². The summed E-state index contributed by atoms with van der Waals surface area (Å²) in [4.78, 5) is 17.0. The van der Waals surface area contributed by atoms with E-state index in [-0.39, 0.29) is 12.6 Å². The zero-order chi connectivity index (χ0) is 19.5. The van der Waals surface area contributed by atoms with E-state index >= 15 is 0 Å². The molecule has 0 unspecified atom stereocenters. The number of para-hydroxylation sites is 1. The second-order valence-corrected chi connectivity index (χ2v) is 7.46. The molecule has 1 heterocycles. The summed E-state index contributed by atoms with van der Waals surface area (Å²) in [5.41, 5.74) is 4.76. The molecule has 6 heteroatoms. The van der Waals surface area contributed by atoms with Gasteiger partial charge < -0.3 is 14.2 Å². The van der Waals surface area contributed by atoms with Gasteiger partial charge in [0, 0.05) is 5.38 Å².